The van der Waals surface area contributed by atoms with Crippen LogP contribution in [0.3, 0.4) is 0 Å². The van der Waals surface area contributed by atoms with Crippen LogP contribution in [0.2, 0.25) is 0 Å². The van der Waals surface area contributed by atoms with Gasteiger partial charge in [-0.3, -0.25) is 0 Å². The molecule has 0 atom stereocenters. The Morgan fingerprint density at radius 1 is 0.519 bits per heavy atom. The quantitative estimate of drug-likeness (QED) is 0.180. The van der Waals surface area contributed by atoms with Crippen molar-refractivity contribution in [1.82, 2.24) is 18.7 Å². The predicted molar refractivity (Wildman–Crippen MR) is 206 cm³/mol. The molecule has 8 aromatic rings. The Hall–Kier alpha value is -5.84. The van der Waals surface area contributed by atoms with Gasteiger partial charge in [-0.1, -0.05) is 100 Å². The summed E-state index contributed by atoms with van der Waals surface area (Å²) in [4.78, 5) is 9.52. The summed E-state index contributed by atoms with van der Waals surface area (Å²) >= 11 is 2.23. The molecule has 250 valence electrons. The van der Waals surface area contributed by atoms with E-state index in [1.165, 1.54) is 44.5 Å². The summed E-state index contributed by atoms with van der Waals surface area (Å²) in [5.41, 5.74) is 15.7. The molecule has 52 heavy (non-hydrogen) atoms. The first-order chi connectivity index (χ1) is 25.3. The second-order valence-electron chi connectivity index (χ2n) is 14.6. The average Bonchev–Trinajstić information content (AvgIpc) is 4.03. The average molecular weight is 713 g/mol. The molecule has 0 spiro atoms. The molecule has 1 aliphatic heterocycles. The van der Waals surface area contributed by atoms with E-state index in [0.29, 0.717) is 56.8 Å². The van der Waals surface area contributed by atoms with Crippen molar-refractivity contribution in [2.45, 2.75) is 38.5 Å². The molecule has 8 nitrogen and oxygen atoms in total. The van der Waals surface area contributed by atoms with E-state index in [1.54, 1.807) is 12.4 Å². The van der Waals surface area contributed by atoms with Gasteiger partial charge in [0.25, 0.3) is 0 Å². The molecular formula is C42H28N6O2S2. The highest BCUT2D eigenvalue weighted by Gasteiger charge is 2.37. The lowest BCUT2D eigenvalue weighted by Crippen LogP contribution is -2.14. The van der Waals surface area contributed by atoms with Crippen molar-refractivity contribution in [2.24, 2.45) is 8.73 Å². The molecule has 4 heterocycles. The molecule has 3 aromatic heterocycles. The Morgan fingerprint density at radius 2 is 0.962 bits per heavy atom. The van der Waals surface area contributed by atoms with Gasteiger partial charge in [0.2, 0.25) is 11.8 Å². The van der Waals surface area contributed by atoms with Gasteiger partial charge in [0.15, 0.2) is 11.5 Å². The minimum absolute atomic E-state index is 0.125. The Balaban J connectivity index is 0.984. The maximum atomic E-state index is 6.52. The monoisotopic (exact) mass is 712 g/mol. The Kier molecular flexibility index (Phi) is 5.95. The molecule has 0 saturated heterocycles. The van der Waals surface area contributed by atoms with E-state index in [-0.39, 0.29) is 10.8 Å². The van der Waals surface area contributed by atoms with Crippen LogP contribution in [0.15, 0.2) is 115 Å². The molecule has 0 saturated carbocycles. The van der Waals surface area contributed by atoms with Gasteiger partial charge in [0, 0.05) is 22.0 Å². The number of nitrogens with zero attached hydrogens (tertiary/aromatic N) is 6. The van der Waals surface area contributed by atoms with Crippen molar-refractivity contribution in [3.05, 3.63) is 120 Å². The third kappa shape index (κ3) is 3.96. The topological polar surface area (TPSA) is 103 Å². The van der Waals surface area contributed by atoms with Gasteiger partial charge in [-0.15, -0.1) is 0 Å². The van der Waals surface area contributed by atoms with Crippen molar-refractivity contribution in [3.63, 3.8) is 0 Å². The van der Waals surface area contributed by atoms with E-state index in [2.05, 4.69) is 113 Å². The van der Waals surface area contributed by atoms with Gasteiger partial charge in [-0.25, -0.2) is 9.97 Å². The van der Waals surface area contributed by atoms with E-state index in [9.17, 15) is 0 Å². The molecule has 10 heteroatoms. The number of rotatable bonds is 4. The second kappa shape index (κ2) is 10.4. The first kappa shape index (κ1) is 29.8. The summed E-state index contributed by atoms with van der Waals surface area (Å²) < 4.78 is 31.9. The van der Waals surface area contributed by atoms with Crippen LogP contribution in [0, 0.1) is 0 Å². The number of oxazole rings is 2. The normalized spacial score (nSPS) is 15.3. The van der Waals surface area contributed by atoms with Crippen LogP contribution in [-0.4, -0.2) is 18.7 Å². The van der Waals surface area contributed by atoms with Crippen molar-refractivity contribution >= 4 is 45.5 Å². The molecule has 0 amide bonds. The fraction of sp³-hybridized carbons (Fsp3) is 0.143. The van der Waals surface area contributed by atoms with Gasteiger partial charge in [-0.2, -0.15) is 17.5 Å². The molecule has 5 aromatic carbocycles. The van der Waals surface area contributed by atoms with Gasteiger partial charge in [0.1, 0.15) is 22.4 Å². The number of hydrogen-bond acceptors (Lipinski definition) is 9. The zero-order valence-corrected chi connectivity index (χ0v) is 30.2. The van der Waals surface area contributed by atoms with Crippen LogP contribution < -0.4 is 0 Å². The van der Waals surface area contributed by atoms with Crippen molar-refractivity contribution in [3.8, 4) is 67.8 Å². The predicted octanol–water partition coefficient (Wildman–Crippen LogP) is 11.7. The third-order valence-corrected chi connectivity index (χ3v) is 12.2. The minimum atomic E-state index is -0.125. The van der Waals surface area contributed by atoms with Crippen molar-refractivity contribution < 1.29 is 8.83 Å². The molecular weight excluding hydrogens is 685 g/mol. The first-order valence-electron chi connectivity index (χ1n) is 17.1. The summed E-state index contributed by atoms with van der Waals surface area (Å²) in [6.45, 7) is 9.09. The maximum absolute atomic E-state index is 6.52. The molecule has 0 bridgehead atoms. The van der Waals surface area contributed by atoms with Crippen LogP contribution in [0.4, 0.5) is 11.4 Å². The first-order valence-corrected chi connectivity index (χ1v) is 18.6. The Morgan fingerprint density at radius 3 is 1.44 bits per heavy atom. The number of benzene rings is 5. The maximum Gasteiger partial charge on any atom is 0.231 e. The standard InChI is InChI=1S/C42H28N6O2S2/c1-41(2)27-11-7-5-9-23(27)25-15-13-21(17-29(25)41)31-19-43-39(49-31)33-35-37(47-51-45-35)34(38-36(33)46-52-48-38)40-44-20-32(50-40)22-14-16-26-24-10-6-8-12-28(24)42(3,4)30(26)18-22/h5-20H,1-4H3. The molecule has 0 radical (unpaired) electrons. The lowest BCUT2D eigenvalue weighted by molar-refractivity contribution is 0.587. The molecule has 3 aliphatic rings. The summed E-state index contributed by atoms with van der Waals surface area (Å²) in [5, 5.41) is 0. The molecule has 0 unspecified atom stereocenters. The second-order valence-corrected chi connectivity index (χ2v) is 15.7. The number of aromatic nitrogens is 4. The summed E-state index contributed by atoms with van der Waals surface area (Å²) in [6.07, 6.45) is 3.54. The zero-order valence-electron chi connectivity index (χ0n) is 28.6. The van der Waals surface area contributed by atoms with E-state index in [0.717, 1.165) is 34.2 Å². The zero-order chi connectivity index (χ0) is 34.9. The van der Waals surface area contributed by atoms with Gasteiger partial charge >= 0.3 is 0 Å². The van der Waals surface area contributed by atoms with Crippen molar-refractivity contribution in [1.29, 1.82) is 0 Å². The van der Waals surface area contributed by atoms with Crippen LogP contribution in [0.1, 0.15) is 49.9 Å². The SMILES string of the molecule is CC1(C)c2ccccc2-c2ccc(-c3cnc(-c4c5c(c(-c6ncc(-c7ccc8c(c7)C(C)(C)c7ccccc7-8)o6)c6nsnc46)N=S=N5)o3)cc21. The summed E-state index contributed by atoms with van der Waals surface area (Å²) in [7, 11) is 0. The fourth-order valence-electron chi connectivity index (χ4n) is 8.42. The van der Waals surface area contributed by atoms with Crippen LogP contribution in [0.5, 0.6) is 0 Å². The highest BCUT2D eigenvalue weighted by Crippen LogP contribution is 2.54. The minimum Gasteiger partial charge on any atom is -0.436 e. The Bertz CT molecular complexity index is 2730. The van der Waals surface area contributed by atoms with Crippen molar-refractivity contribution in [2.75, 3.05) is 0 Å². The van der Waals surface area contributed by atoms with Gasteiger partial charge < -0.3 is 8.83 Å². The summed E-state index contributed by atoms with van der Waals surface area (Å²) in [5.74, 6) is 2.16. The smallest absolute Gasteiger partial charge is 0.231 e. The molecule has 2 aliphatic carbocycles. The van der Waals surface area contributed by atoms with Crippen LogP contribution in [0.25, 0.3) is 78.8 Å². The Labute approximate surface area is 306 Å². The number of hydrogen-bond donors (Lipinski definition) is 0. The van der Waals surface area contributed by atoms with E-state index in [4.69, 9.17) is 36.3 Å². The van der Waals surface area contributed by atoms with Gasteiger partial charge in [-0.05, 0) is 56.6 Å². The highest BCUT2D eigenvalue weighted by atomic mass is 32.1. The summed E-state index contributed by atoms with van der Waals surface area (Å²) in [6, 6.07) is 30.3. The lowest BCUT2D eigenvalue weighted by Gasteiger charge is -2.21. The van der Waals surface area contributed by atoms with Crippen LogP contribution in [-0.2, 0) is 22.2 Å². The third-order valence-electron chi connectivity index (χ3n) is 11.1. The highest BCUT2D eigenvalue weighted by molar-refractivity contribution is 7.58. The molecule has 11 rings (SSSR count). The van der Waals surface area contributed by atoms with E-state index < -0.39 is 0 Å². The fourth-order valence-corrected chi connectivity index (χ4v) is 9.54. The molecule has 0 fully saturated rings. The van der Waals surface area contributed by atoms with Gasteiger partial charge in [0.05, 0.1) is 46.6 Å². The van der Waals surface area contributed by atoms with E-state index in [1.807, 2.05) is 0 Å². The largest absolute Gasteiger partial charge is 0.436 e. The lowest BCUT2D eigenvalue weighted by atomic mass is 9.82. The van der Waals surface area contributed by atoms with Crippen LogP contribution >= 0.6 is 11.7 Å². The molecule has 0 N–H and O–H groups in total. The number of fused-ring (bicyclic) bond motifs is 8. The van der Waals surface area contributed by atoms with E-state index >= 15 is 0 Å².